The van der Waals surface area contributed by atoms with E-state index in [2.05, 4.69) is 11.8 Å². The van der Waals surface area contributed by atoms with Gasteiger partial charge in [0.15, 0.2) is 0 Å². The van der Waals surface area contributed by atoms with Crippen LogP contribution in [0.2, 0.25) is 0 Å². The second-order valence-corrected chi connectivity index (χ2v) is 4.96. The quantitative estimate of drug-likeness (QED) is 0.502. The molecular weight excluding hydrogens is 198 g/mol. The van der Waals surface area contributed by atoms with Crippen LogP contribution in [0.3, 0.4) is 0 Å². The van der Waals surface area contributed by atoms with Crippen LogP contribution < -0.4 is 0 Å². The van der Waals surface area contributed by atoms with Gasteiger partial charge in [0.1, 0.15) is 5.78 Å². The first-order valence-electron chi connectivity index (χ1n) is 6.83. The first-order valence-corrected chi connectivity index (χ1v) is 6.83. The summed E-state index contributed by atoms with van der Waals surface area (Å²) >= 11 is 0. The standard InChI is InChI=1S/C14H29NO/c1-4-5-6-7-8-9-10-11-14(16)12-13-15(2)3/h4-13H2,1-3H3. The summed E-state index contributed by atoms with van der Waals surface area (Å²) in [6, 6.07) is 0. The van der Waals surface area contributed by atoms with E-state index in [1.165, 1.54) is 38.5 Å². The smallest absolute Gasteiger partial charge is 0.134 e. The highest BCUT2D eigenvalue weighted by atomic mass is 16.1. The number of hydrogen-bond acceptors (Lipinski definition) is 2. The molecule has 0 fully saturated rings. The fraction of sp³-hybridized carbons (Fsp3) is 0.929. The van der Waals surface area contributed by atoms with Crippen LogP contribution in [-0.4, -0.2) is 31.3 Å². The Morgan fingerprint density at radius 2 is 1.44 bits per heavy atom. The lowest BCUT2D eigenvalue weighted by molar-refractivity contribution is -0.119. The van der Waals surface area contributed by atoms with Crippen molar-refractivity contribution in [2.45, 2.75) is 64.7 Å². The van der Waals surface area contributed by atoms with Crippen molar-refractivity contribution >= 4 is 5.78 Å². The molecule has 16 heavy (non-hydrogen) atoms. The summed E-state index contributed by atoms with van der Waals surface area (Å²) in [5, 5.41) is 0. The lowest BCUT2D eigenvalue weighted by Crippen LogP contribution is -2.16. The largest absolute Gasteiger partial charge is 0.309 e. The van der Waals surface area contributed by atoms with Crippen LogP contribution in [0.5, 0.6) is 0 Å². The predicted octanol–water partition coefficient (Wildman–Crippen LogP) is 3.65. The van der Waals surface area contributed by atoms with E-state index in [-0.39, 0.29) is 0 Å². The molecular formula is C14H29NO. The molecule has 0 heterocycles. The predicted molar refractivity (Wildman–Crippen MR) is 70.8 cm³/mol. The van der Waals surface area contributed by atoms with Gasteiger partial charge in [0.2, 0.25) is 0 Å². The monoisotopic (exact) mass is 227 g/mol. The molecule has 2 heteroatoms. The van der Waals surface area contributed by atoms with Crippen molar-refractivity contribution in [2.24, 2.45) is 0 Å². The number of hydrogen-bond donors (Lipinski definition) is 0. The third-order valence-electron chi connectivity index (χ3n) is 2.90. The van der Waals surface area contributed by atoms with Gasteiger partial charge >= 0.3 is 0 Å². The Labute approximate surface area is 101 Å². The molecule has 0 aromatic heterocycles. The molecule has 0 unspecified atom stereocenters. The van der Waals surface area contributed by atoms with Crippen LogP contribution in [0.25, 0.3) is 0 Å². The fourth-order valence-electron chi connectivity index (χ4n) is 1.75. The van der Waals surface area contributed by atoms with E-state index >= 15 is 0 Å². The van der Waals surface area contributed by atoms with Gasteiger partial charge in [-0.15, -0.1) is 0 Å². The number of nitrogens with zero attached hydrogens (tertiary/aromatic N) is 1. The Bertz CT molecular complexity index is 166. The lowest BCUT2D eigenvalue weighted by Gasteiger charge is -2.08. The summed E-state index contributed by atoms with van der Waals surface area (Å²) in [5.41, 5.74) is 0. The molecule has 0 bridgehead atoms. The maximum Gasteiger partial charge on any atom is 0.134 e. The molecule has 0 saturated carbocycles. The molecule has 96 valence electrons. The fourth-order valence-corrected chi connectivity index (χ4v) is 1.75. The summed E-state index contributed by atoms with van der Waals surface area (Å²) in [6.45, 7) is 3.14. The highest BCUT2D eigenvalue weighted by Crippen LogP contribution is 2.09. The zero-order valence-corrected chi connectivity index (χ0v) is 11.4. The van der Waals surface area contributed by atoms with Crippen molar-refractivity contribution in [3.63, 3.8) is 0 Å². The van der Waals surface area contributed by atoms with Gasteiger partial charge < -0.3 is 4.90 Å². The van der Waals surface area contributed by atoms with Crippen LogP contribution in [0, 0.1) is 0 Å². The molecule has 0 rings (SSSR count). The van der Waals surface area contributed by atoms with Gasteiger partial charge in [-0.25, -0.2) is 0 Å². The number of carbonyl (C=O) groups is 1. The van der Waals surface area contributed by atoms with Crippen LogP contribution in [0.15, 0.2) is 0 Å². The highest BCUT2D eigenvalue weighted by Gasteiger charge is 2.02. The highest BCUT2D eigenvalue weighted by molar-refractivity contribution is 5.78. The summed E-state index contributed by atoms with van der Waals surface area (Å²) in [5.74, 6) is 0.433. The van der Waals surface area contributed by atoms with E-state index in [9.17, 15) is 4.79 Å². The molecule has 0 atom stereocenters. The van der Waals surface area contributed by atoms with E-state index in [1.807, 2.05) is 14.1 Å². The van der Waals surface area contributed by atoms with Crippen molar-refractivity contribution in [2.75, 3.05) is 20.6 Å². The molecule has 0 aromatic carbocycles. The summed E-state index contributed by atoms with van der Waals surface area (Å²) in [7, 11) is 4.03. The Hall–Kier alpha value is -0.370. The minimum absolute atomic E-state index is 0.433. The first-order chi connectivity index (χ1) is 7.66. The lowest BCUT2D eigenvalue weighted by atomic mass is 10.1. The molecule has 0 aliphatic carbocycles. The number of Topliss-reactive ketones (excluding diaryl/α,β-unsaturated/α-hetero) is 1. The topological polar surface area (TPSA) is 20.3 Å². The zero-order chi connectivity index (χ0) is 12.2. The van der Waals surface area contributed by atoms with Gasteiger partial charge in [0.05, 0.1) is 0 Å². The summed E-state index contributed by atoms with van der Waals surface area (Å²) in [4.78, 5) is 13.5. The maximum atomic E-state index is 11.5. The molecule has 0 saturated heterocycles. The minimum atomic E-state index is 0.433. The van der Waals surface area contributed by atoms with Crippen LogP contribution in [-0.2, 0) is 4.79 Å². The number of unbranched alkanes of at least 4 members (excludes halogenated alkanes) is 6. The molecule has 0 aliphatic rings. The van der Waals surface area contributed by atoms with Crippen molar-refractivity contribution in [3.05, 3.63) is 0 Å². The molecule has 0 aliphatic heterocycles. The molecule has 0 amide bonds. The van der Waals surface area contributed by atoms with Gasteiger partial charge in [-0.1, -0.05) is 45.4 Å². The average molecular weight is 227 g/mol. The van der Waals surface area contributed by atoms with Crippen molar-refractivity contribution < 1.29 is 4.79 Å². The molecule has 0 radical (unpaired) electrons. The van der Waals surface area contributed by atoms with Crippen molar-refractivity contribution in [1.82, 2.24) is 4.90 Å². The normalized spacial score (nSPS) is 11.0. The van der Waals surface area contributed by atoms with E-state index < -0.39 is 0 Å². The van der Waals surface area contributed by atoms with E-state index in [0.29, 0.717) is 5.78 Å². The number of ketones is 1. The van der Waals surface area contributed by atoms with Crippen LogP contribution >= 0.6 is 0 Å². The van der Waals surface area contributed by atoms with E-state index in [4.69, 9.17) is 0 Å². The molecule has 0 aromatic rings. The molecule has 0 N–H and O–H groups in total. The number of rotatable bonds is 11. The maximum absolute atomic E-state index is 11.5. The van der Waals surface area contributed by atoms with Crippen molar-refractivity contribution in [3.8, 4) is 0 Å². The van der Waals surface area contributed by atoms with Crippen LogP contribution in [0.1, 0.15) is 64.7 Å². The Kier molecular flexibility index (Phi) is 10.9. The number of carbonyl (C=O) groups excluding carboxylic acids is 1. The zero-order valence-electron chi connectivity index (χ0n) is 11.4. The van der Waals surface area contributed by atoms with Gasteiger partial charge in [-0.3, -0.25) is 4.79 Å². The summed E-state index contributed by atoms with van der Waals surface area (Å²) < 4.78 is 0. The third kappa shape index (κ3) is 11.7. The second-order valence-electron chi connectivity index (χ2n) is 4.96. The van der Waals surface area contributed by atoms with Gasteiger partial charge in [0, 0.05) is 19.4 Å². The van der Waals surface area contributed by atoms with E-state index in [0.717, 1.165) is 25.8 Å². The Balaban J connectivity index is 3.15. The molecule has 0 spiro atoms. The molecule has 2 nitrogen and oxygen atoms in total. The Morgan fingerprint density at radius 3 is 2.00 bits per heavy atom. The van der Waals surface area contributed by atoms with Gasteiger partial charge in [-0.05, 0) is 20.5 Å². The van der Waals surface area contributed by atoms with E-state index in [1.54, 1.807) is 0 Å². The second kappa shape index (κ2) is 11.1. The summed E-state index contributed by atoms with van der Waals surface area (Å²) in [6.07, 6.45) is 10.5. The average Bonchev–Trinajstić information content (AvgIpc) is 2.25. The first kappa shape index (κ1) is 15.6. The minimum Gasteiger partial charge on any atom is -0.309 e. The van der Waals surface area contributed by atoms with Gasteiger partial charge in [0.25, 0.3) is 0 Å². The van der Waals surface area contributed by atoms with Gasteiger partial charge in [-0.2, -0.15) is 0 Å². The third-order valence-corrected chi connectivity index (χ3v) is 2.90. The Morgan fingerprint density at radius 1 is 0.875 bits per heavy atom. The van der Waals surface area contributed by atoms with Crippen molar-refractivity contribution in [1.29, 1.82) is 0 Å². The SMILES string of the molecule is CCCCCCCCCC(=O)CCN(C)C. The van der Waals surface area contributed by atoms with Crippen LogP contribution in [0.4, 0.5) is 0 Å².